The Bertz CT molecular complexity index is 1010. The van der Waals surface area contributed by atoms with Crippen molar-refractivity contribution in [1.82, 2.24) is 9.55 Å². The molecule has 0 aliphatic heterocycles. The fourth-order valence-electron chi connectivity index (χ4n) is 2.72. The van der Waals surface area contributed by atoms with Gasteiger partial charge in [-0.15, -0.1) is 6.58 Å². The van der Waals surface area contributed by atoms with Gasteiger partial charge in [0.2, 0.25) is 5.91 Å². The fraction of sp³-hybridized carbons (Fsp3) is 0.190. The average Bonchev–Trinajstić information content (AvgIpc) is 2.99. The summed E-state index contributed by atoms with van der Waals surface area (Å²) >= 11 is 1.40. The monoisotopic (exact) mass is 379 g/mol. The minimum atomic E-state index is -0.355. The van der Waals surface area contributed by atoms with Gasteiger partial charge in [0.15, 0.2) is 10.9 Å². The zero-order valence-electron chi connectivity index (χ0n) is 15.3. The van der Waals surface area contributed by atoms with Crippen LogP contribution in [0.15, 0.2) is 66.3 Å². The minimum absolute atomic E-state index is 0.0355. The Hall–Kier alpha value is -2.86. The smallest absolute Gasteiger partial charge is 0.237 e. The zero-order chi connectivity index (χ0) is 19.4. The third kappa shape index (κ3) is 4.28. The molecule has 0 bridgehead atoms. The molecule has 1 amide bonds. The first-order valence-corrected chi connectivity index (χ1v) is 9.52. The van der Waals surface area contributed by atoms with E-state index >= 15 is 0 Å². The van der Waals surface area contributed by atoms with Crippen LogP contribution in [-0.2, 0) is 11.3 Å². The number of carbonyl (C=O) groups is 2. The number of ketones is 1. The highest BCUT2D eigenvalue weighted by Gasteiger charge is 2.19. The van der Waals surface area contributed by atoms with Gasteiger partial charge in [-0.3, -0.25) is 9.59 Å². The van der Waals surface area contributed by atoms with Crippen molar-refractivity contribution >= 4 is 40.2 Å². The summed E-state index contributed by atoms with van der Waals surface area (Å²) in [5.74, 6) is -0.176. The van der Waals surface area contributed by atoms with Crippen LogP contribution in [-0.4, -0.2) is 26.5 Å². The second kappa shape index (κ2) is 8.22. The van der Waals surface area contributed by atoms with Gasteiger partial charge in [0, 0.05) is 17.8 Å². The molecule has 1 heterocycles. The van der Waals surface area contributed by atoms with E-state index in [1.54, 1.807) is 24.3 Å². The standard InChI is InChI=1S/C21H21N3O2S/c1-4-12-24-19-11-6-5-10-18(19)23-21(24)27-15(3)20(26)22-17-9-7-8-16(13-17)14(2)25/h4-11,13,15H,1,12H2,2-3H3,(H,22,26)/t15-/m0/s1. The number of Topliss-reactive ketones (excluding diaryl/α,β-unsaturated/α-hetero) is 1. The number of rotatable bonds is 7. The predicted molar refractivity (Wildman–Crippen MR) is 110 cm³/mol. The topological polar surface area (TPSA) is 64.0 Å². The van der Waals surface area contributed by atoms with E-state index in [9.17, 15) is 9.59 Å². The molecule has 0 unspecified atom stereocenters. The van der Waals surface area contributed by atoms with Gasteiger partial charge in [-0.25, -0.2) is 4.98 Å². The number of aromatic nitrogens is 2. The van der Waals surface area contributed by atoms with E-state index in [0.717, 1.165) is 16.2 Å². The number of carbonyl (C=O) groups excluding carboxylic acids is 2. The van der Waals surface area contributed by atoms with Crippen LogP contribution in [0.1, 0.15) is 24.2 Å². The average molecular weight is 379 g/mol. The second-order valence-electron chi connectivity index (χ2n) is 6.17. The summed E-state index contributed by atoms with van der Waals surface area (Å²) in [6.45, 7) is 7.78. The van der Waals surface area contributed by atoms with Crippen molar-refractivity contribution in [1.29, 1.82) is 0 Å². The van der Waals surface area contributed by atoms with E-state index in [2.05, 4.69) is 16.9 Å². The van der Waals surface area contributed by atoms with Gasteiger partial charge in [0.05, 0.1) is 16.3 Å². The maximum Gasteiger partial charge on any atom is 0.237 e. The van der Waals surface area contributed by atoms with Crippen LogP contribution in [0, 0.1) is 0 Å². The van der Waals surface area contributed by atoms with Crippen molar-refractivity contribution in [2.24, 2.45) is 0 Å². The van der Waals surface area contributed by atoms with Crippen LogP contribution in [0.2, 0.25) is 0 Å². The Labute approximate surface area is 162 Å². The van der Waals surface area contributed by atoms with Gasteiger partial charge in [-0.2, -0.15) is 0 Å². The van der Waals surface area contributed by atoms with Gasteiger partial charge in [0.1, 0.15) is 0 Å². The largest absolute Gasteiger partial charge is 0.325 e. The van der Waals surface area contributed by atoms with Crippen LogP contribution < -0.4 is 5.32 Å². The predicted octanol–water partition coefficient (Wildman–Crippen LogP) is 4.54. The maximum atomic E-state index is 12.6. The van der Waals surface area contributed by atoms with E-state index in [0.29, 0.717) is 17.8 Å². The molecule has 1 N–H and O–H groups in total. The third-order valence-electron chi connectivity index (χ3n) is 4.12. The molecule has 5 nitrogen and oxygen atoms in total. The molecule has 1 aromatic heterocycles. The van der Waals surface area contributed by atoms with Crippen LogP contribution in [0.5, 0.6) is 0 Å². The van der Waals surface area contributed by atoms with E-state index in [4.69, 9.17) is 0 Å². The number of amides is 1. The summed E-state index contributed by atoms with van der Waals surface area (Å²) in [4.78, 5) is 28.8. The van der Waals surface area contributed by atoms with Gasteiger partial charge in [-0.05, 0) is 38.1 Å². The Kier molecular flexibility index (Phi) is 5.76. The number of benzene rings is 2. The number of imidazole rings is 1. The van der Waals surface area contributed by atoms with Crippen LogP contribution >= 0.6 is 11.8 Å². The number of fused-ring (bicyclic) bond motifs is 1. The molecule has 2 aromatic carbocycles. The normalized spacial score (nSPS) is 11.9. The number of nitrogens with zero attached hydrogens (tertiary/aromatic N) is 2. The lowest BCUT2D eigenvalue weighted by Crippen LogP contribution is -2.23. The Balaban J connectivity index is 1.78. The van der Waals surface area contributed by atoms with Crippen molar-refractivity contribution in [3.8, 4) is 0 Å². The molecule has 3 aromatic rings. The van der Waals surface area contributed by atoms with Crippen molar-refractivity contribution < 1.29 is 9.59 Å². The molecule has 3 rings (SSSR count). The maximum absolute atomic E-state index is 12.6. The number of para-hydroxylation sites is 2. The number of allylic oxidation sites excluding steroid dienone is 1. The fourth-order valence-corrected chi connectivity index (χ4v) is 3.65. The first-order chi connectivity index (χ1) is 13.0. The highest BCUT2D eigenvalue weighted by Crippen LogP contribution is 2.28. The van der Waals surface area contributed by atoms with E-state index in [1.807, 2.05) is 41.8 Å². The molecule has 138 valence electrons. The van der Waals surface area contributed by atoms with E-state index in [1.165, 1.54) is 18.7 Å². The highest BCUT2D eigenvalue weighted by atomic mass is 32.2. The molecule has 27 heavy (non-hydrogen) atoms. The molecule has 1 atom stereocenters. The zero-order valence-corrected chi connectivity index (χ0v) is 16.1. The third-order valence-corrected chi connectivity index (χ3v) is 5.21. The number of anilines is 1. The quantitative estimate of drug-likeness (QED) is 0.372. The highest BCUT2D eigenvalue weighted by molar-refractivity contribution is 8.00. The number of thioether (sulfide) groups is 1. The first-order valence-electron chi connectivity index (χ1n) is 8.64. The molecule has 0 aliphatic carbocycles. The lowest BCUT2D eigenvalue weighted by atomic mass is 10.1. The minimum Gasteiger partial charge on any atom is -0.325 e. The van der Waals surface area contributed by atoms with E-state index in [-0.39, 0.29) is 16.9 Å². The SMILES string of the molecule is C=CCn1c(S[C@@H](C)C(=O)Nc2cccc(C(C)=O)c2)nc2ccccc21. The Morgan fingerprint density at radius 1 is 1.26 bits per heavy atom. The molecule has 6 heteroatoms. The molecule has 0 aliphatic rings. The molecule has 0 radical (unpaired) electrons. The van der Waals surface area contributed by atoms with Crippen LogP contribution in [0.25, 0.3) is 11.0 Å². The van der Waals surface area contributed by atoms with Gasteiger partial charge < -0.3 is 9.88 Å². The molecule has 0 spiro atoms. The summed E-state index contributed by atoms with van der Waals surface area (Å²) in [6, 6.07) is 14.8. The van der Waals surface area contributed by atoms with Crippen molar-refractivity contribution in [3.05, 3.63) is 66.7 Å². The number of nitrogens with one attached hydrogen (secondary N) is 1. The van der Waals surface area contributed by atoms with Gasteiger partial charge >= 0.3 is 0 Å². The molecular formula is C21H21N3O2S. The lowest BCUT2D eigenvalue weighted by molar-refractivity contribution is -0.115. The summed E-state index contributed by atoms with van der Waals surface area (Å²) in [5, 5.41) is 3.29. The molecular weight excluding hydrogens is 358 g/mol. The van der Waals surface area contributed by atoms with Gasteiger partial charge in [0.25, 0.3) is 0 Å². The second-order valence-corrected chi connectivity index (χ2v) is 7.48. The first kappa shape index (κ1) is 18.9. The number of hydrogen-bond acceptors (Lipinski definition) is 4. The summed E-state index contributed by atoms with van der Waals surface area (Å²) in [5.41, 5.74) is 3.09. The van der Waals surface area contributed by atoms with Crippen molar-refractivity contribution in [2.45, 2.75) is 30.8 Å². The summed E-state index contributed by atoms with van der Waals surface area (Å²) in [6.07, 6.45) is 1.82. The molecule has 0 saturated carbocycles. The summed E-state index contributed by atoms with van der Waals surface area (Å²) in [7, 11) is 0. The van der Waals surface area contributed by atoms with Crippen molar-refractivity contribution in [3.63, 3.8) is 0 Å². The Morgan fingerprint density at radius 3 is 2.78 bits per heavy atom. The van der Waals surface area contributed by atoms with Crippen LogP contribution in [0.4, 0.5) is 5.69 Å². The number of hydrogen-bond donors (Lipinski definition) is 1. The molecule has 0 saturated heterocycles. The summed E-state index contributed by atoms with van der Waals surface area (Å²) < 4.78 is 2.05. The van der Waals surface area contributed by atoms with Crippen molar-refractivity contribution in [2.75, 3.05) is 5.32 Å². The molecule has 0 fully saturated rings. The Morgan fingerprint density at radius 2 is 2.04 bits per heavy atom. The van der Waals surface area contributed by atoms with E-state index < -0.39 is 0 Å². The lowest BCUT2D eigenvalue weighted by Gasteiger charge is -2.13. The van der Waals surface area contributed by atoms with Gasteiger partial charge in [-0.1, -0.05) is 42.1 Å². The van der Waals surface area contributed by atoms with Crippen LogP contribution in [0.3, 0.4) is 0 Å².